The maximum atomic E-state index is 9.35. The molecule has 1 atom stereocenters. The fraction of sp³-hybridized carbons (Fsp3) is 1.00. The van der Waals surface area contributed by atoms with E-state index < -0.39 is 0 Å². The summed E-state index contributed by atoms with van der Waals surface area (Å²) < 4.78 is 5.41. The molecule has 2 rings (SSSR count). The Morgan fingerprint density at radius 1 is 1.41 bits per heavy atom. The van der Waals surface area contributed by atoms with E-state index in [1.165, 1.54) is 12.8 Å². The van der Waals surface area contributed by atoms with Gasteiger partial charge in [0.15, 0.2) is 0 Å². The van der Waals surface area contributed by atoms with E-state index in [1.54, 1.807) is 0 Å². The summed E-state index contributed by atoms with van der Waals surface area (Å²) in [5, 5.41) is 12.9. The van der Waals surface area contributed by atoms with Crippen LogP contribution in [-0.4, -0.2) is 61.5 Å². The third kappa shape index (κ3) is 4.21. The van der Waals surface area contributed by atoms with Gasteiger partial charge in [0.05, 0.1) is 25.9 Å². The second kappa shape index (κ2) is 5.65. The molecule has 17 heavy (non-hydrogen) atoms. The van der Waals surface area contributed by atoms with Crippen molar-refractivity contribution in [2.24, 2.45) is 5.41 Å². The Kier molecular flexibility index (Phi) is 4.42. The lowest BCUT2D eigenvalue weighted by Gasteiger charge is -2.39. The first-order chi connectivity index (χ1) is 8.11. The van der Waals surface area contributed by atoms with Crippen LogP contribution in [0.25, 0.3) is 0 Å². The Bertz CT molecular complexity index is 242. The number of nitrogens with one attached hydrogen (secondary N) is 1. The van der Waals surface area contributed by atoms with Gasteiger partial charge in [-0.15, -0.1) is 0 Å². The molecule has 1 saturated heterocycles. The molecular formula is C13H26N2O2. The van der Waals surface area contributed by atoms with Gasteiger partial charge in [0.1, 0.15) is 0 Å². The summed E-state index contributed by atoms with van der Waals surface area (Å²) in [4.78, 5) is 2.37. The topological polar surface area (TPSA) is 44.7 Å². The van der Waals surface area contributed by atoms with E-state index in [-0.39, 0.29) is 18.1 Å². The molecule has 2 aliphatic rings. The summed E-state index contributed by atoms with van der Waals surface area (Å²) in [5.74, 6) is 0. The van der Waals surface area contributed by atoms with Gasteiger partial charge in [0.25, 0.3) is 0 Å². The standard InChI is InChI=1S/C13H26N2O2/c1-13(2,9-14-11-3-4-11)10-15-5-6-17-8-12(15)7-16/h11-12,14,16H,3-10H2,1-2H3. The third-order valence-electron chi connectivity index (χ3n) is 3.64. The van der Waals surface area contributed by atoms with Gasteiger partial charge < -0.3 is 15.2 Å². The van der Waals surface area contributed by atoms with Gasteiger partial charge in [0.2, 0.25) is 0 Å². The van der Waals surface area contributed by atoms with Crippen LogP contribution in [0.1, 0.15) is 26.7 Å². The largest absolute Gasteiger partial charge is 0.395 e. The minimum atomic E-state index is 0.184. The van der Waals surface area contributed by atoms with Crippen LogP contribution in [0.3, 0.4) is 0 Å². The predicted molar refractivity (Wildman–Crippen MR) is 68.1 cm³/mol. The maximum absolute atomic E-state index is 9.35. The normalized spacial score (nSPS) is 27.4. The molecule has 1 aliphatic carbocycles. The van der Waals surface area contributed by atoms with Gasteiger partial charge in [-0.2, -0.15) is 0 Å². The van der Waals surface area contributed by atoms with Crippen molar-refractivity contribution in [3.63, 3.8) is 0 Å². The smallest absolute Gasteiger partial charge is 0.0644 e. The van der Waals surface area contributed by atoms with Crippen LogP contribution in [0.5, 0.6) is 0 Å². The Balaban J connectivity index is 1.79. The number of nitrogens with zero attached hydrogens (tertiary/aromatic N) is 1. The van der Waals surface area contributed by atoms with Gasteiger partial charge in [-0.1, -0.05) is 13.8 Å². The van der Waals surface area contributed by atoms with Crippen molar-refractivity contribution in [2.45, 2.75) is 38.8 Å². The molecule has 0 bridgehead atoms. The highest BCUT2D eigenvalue weighted by atomic mass is 16.5. The summed E-state index contributed by atoms with van der Waals surface area (Å²) in [6.45, 7) is 9.29. The number of aliphatic hydroxyl groups excluding tert-OH is 1. The van der Waals surface area contributed by atoms with Gasteiger partial charge in [-0.05, 0) is 18.3 Å². The van der Waals surface area contributed by atoms with E-state index in [9.17, 15) is 5.11 Å². The van der Waals surface area contributed by atoms with Crippen LogP contribution in [0.2, 0.25) is 0 Å². The molecule has 2 N–H and O–H groups in total. The Morgan fingerprint density at radius 2 is 2.18 bits per heavy atom. The van der Waals surface area contributed by atoms with Gasteiger partial charge >= 0.3 is 0 Å². The Hall–Kier alpha value is -0.160. The van der Waals surface area contributed by atoms with E-state index in [0.29, 0.717) is 6.61 Å². The molecule has 0 spiro atoms. The first kappa shape index (κ1) is 13.3. The van der Waals surface area contributed by atoms with E-state index >= 15 is 0 Å². The minimum Gasteiger partial charge on any atom is -0.395 e. The van der Waals surface area contributed by atoms with E-state index in [1.807, 2.05) is 0 Å². The zero-order valence-electron chi connectivity index (χ0n) is 11.1. The van der Waals surface area contributed by atoms with Crippen LogP contribution in [0.15, 0.2) is 0 Å². The van der Waals surface area contributed by atoms with Crippen molar-refractivity contribution in [2.75, 3.05) is 39.5 Å². The van der Waals surface area contributed by atoms with Gasteiger partial charge in [-0.3, -0.25) is 4.90 Å². The molecule has 1 saturated carbocycles. The van der Waals surface area contributed by atoms with Crippen molar-refractivity contribution in [1.82, 2.24) is 10.2 Å². The van der Waals surface area contributed by atoms with E-state index in [2.05, 4.69) is 24.1 Å². The molecule has 0 aromatic carbocycles. The molecule has 0 aromatic heterocycles. The lowest BCUT2D eigenvalue weighted by atomic mass is 9.91. The minimum absolute atomic E-state index is 0.184. The van der Waals surface area contributed by atoms with Gasteiger partial charge in [0, 0.05) is 25.7 Å². The van der Waals surface area contributed by atoms with Crippen molar-refractivity contribution in [1.29, 1.82) is 0 Å². The molecule has 1 aliphatic heterocycles. The molecule has 2 fully saturated rings. The zero-order chi connectivity index (χ0) is 12.3. The third-order valence-corrected chi connectivity index (χ3v) is 3.64. The summed E-state index contributed by atoms with van der Waals surface area (Å²) in [5.41, 5.74) is 0.257. The van der Waals surface area contributed by atoms with E-state index in [4.69, 9.17) is 4.74 Å². The Labute approximate surface area is 104 Å². The number of aliphatic hydroxyl groups is 1. The van der Waals surface area contributed by atoms with Crippen LogP contribution < -0.4 is 5.32 Å². The number of morpholine rings is 1. The number of hydrogen-bond donors (Lipinski definition) is 2. The first-order valence-electron chi connectivity index (χ1n) is 6.77. The molecule has 0 radical (unpaired) electrons. The molecular weight excluding hydrogens is 216 g/mol. The van der Waals surface area contributed by atoms with Crippen molar-refractivity contribution >= 4 is 0 Å². The highest BCUT2D eigenvalue weighted by Gasteiger charge is 2.30. The first-order valence-corrected chi connectivity index (χ1v) is 6.77. The average Bonchev–Trinajstić information content (AvgIpc) is 3.11. The molecule has 100 valence electrons. The fourth-order valence-electron chi connectivity index (χ4n) is 2.38. The van der Waals surface area contributed by atoms with Gasteiger partial charge in [-0.25, -0.2) is 0 Å². The molecule has 0 amide bonds. The van der Waals surface area contributed by atoms with Crippen molar-refractivity contribution in [3.8, 4) is 0 Å². The second-order valence-electron chi connectivity index (χ2n) is 6.20. The molecule has 4 nitrogen and oxygen atoms in total. The predicted octanol–water partition coefficient (Wildman–Crippen LogP) is 0.458. The number of rotatable bonds is 6. The average molecular weight is 242 g/mol. The second-order valence-corrected chi connectivity index (χ2v) is 6.20. The highest BCUT2D eigenvalue weighted by Crippen LogP contribution is 2.23. The maximum Gasteiger partial charge on any atom is 0.0644 e. The number of hydrogen-bond acceptors (Lipinski definition) is 4. The monoisotopic (exact) mass is 242 g/mol. The molecule has 4 heteroatoms. The molecule has 1 unspecified atom stereocenters. The lowest BCUT2D eigenvalue weighted by Crippen LogP contribution is -2.52. The van der Waals surface area contributed by atoms with E-state index in [0.717, 1.165) is 32.3 Å². The van der Waals surface area contributed by atoms with Crippen molar-refractivity contribution < 1.29 is 9.84 Å². The van der Waals surface area contributed by atoms with Crippen LogP contribution in [0.4, 0.5) is 0 Å². The fourth-order valence-corrected chi connectivity index (χ4v) is 2.38. The van der Waals surface area contributed by atoms with Crippen LogP contribution in [-0.2, 0) is 4.74 Å². The number of ether oxygens (including phenoxy) is 1. The zero-order valence-corrected chi connectivity index (χ0v) is 11.1. The van der Waals surface area contributed by atoms with Crippen LogP contribution >= 0.6 is 0 Å². The van der Waals surface area contributed by atoms with Crippen LogP contribution in [0, 0.1) is 5.41 Å². The SMILES string of the molecule is CC(C)(CNC1CC1)CN1CCOCC1CO. The Morgan fingerprint density at radius 3 is 2.82 bits per heavy atom. The summed E-state index contributed by atoms with van der Waals surface area (Å²) in [6, 6.07) is 0.955. The molecule has 1 heterocycles. The lowest BCUT2D eigenvalue weighted by molar-refractivity contribution is -0.0407. The summed E-state index contributed by atoms with van der Waals surface area (Å²) in [7, 11) is 0. The summed E-state index contributed by atoms with van der Waals surface area (Å²) in [6.07, 6.45) is 2.68. The highest BCUT2D eigenvalue weighted by molar-refractivity contribution is 4.87. The quantitative estimate of drug-likeness (QED) is 0.710. The summed E-state index contributed by atoms with van der Waals surface area (Å²) >= 11 is 0. The van der Waals surface area contributed by atoms with Crippen molar-refractivity contribution in [3.05, 3.63) is 0 Å². The molecule has 0 aromatic rings.